The maximum Gasteiger partial charge on any atom is 0.115 e. The van der Waals surface area contributed by atoms with Gasteiger partial charge in [-0.05, 0) is 37.0 Å². The van der Waals surface area contributed by atoms with Crippen molar-refractivity contribution in [1.82, 2.24) is 9.55 Å². The first-order valence-corrected chi connectivity index (χ1v) is 6.14. The molecule has 0 spiro atoms. The number of aromatic hydroxyl groups is 1. The first kappa shape index (κ1) is 10.4. The van der Waals surface area contributed by atoms with Gasteiger partial charge in [0.15, 0.2) is 0 Å². The summed E-state index contributed by atoms with van der Waals surface area (Å²) in [7, 11) is 0. The molecule has 1 aromatic heterocycles. The average Bonchev–Trinajstić information content (AvgIpc) is 2.73. The van der Waals surface area contributed by atoms with E-state index in [0.29, 0.717) is 5.75 Å². The molecule has 0 unspecified atom stereocenters. The second-order valence-corrected chi connectivity index (χ2v) is 4.62. The molecular formula is C14H16N2O. The lowest BCUT2D eigenvalue weighted by molar-refractivity contribution is 0.474. The minimum absolute atomic E-state index is 0.327. The molecule has 0 amide bonds. The molecule has 0 aliphatic carbocycles. The third-order valence-electron chi connectivity index (χ3n) is 3.36. The topological polar surface area (TPSA) is 38.1 Å². The summed E-state index contributed by atoms with van der Waals surface area (Å²) >= 11 is 0. The van der Waals surface area contributed by atoms with Gasteiger partial charge in [0.25, 0.3) is 0 Å². The number of aryl methyl sites for hydroxylation is 1. The number of hydrogen-bond donors (Lipinski definition) is 1. The van der Waals surface area contributed by atoms with E-state index in [1.807, 2.05) is 24.4 Å². The molecule has 1 aliphatic rings. The van der Waals surface area contributed by atoms with Crippen LogP contribution in [-0.2, 0) is 19.4 Å². The highest BCUT2D eigenvalue weighted by Crippen LogP contribution is 2.20. The zero-order valence-corrected chi connectivity index (χ0v) is 9.76. The van der Waals surface area contributed by atoms with Crippen LogP contribution in [0.2, 0.25) is 0 Å². The van der Waals surface area contributed by atoms with Crippen LogP contribution in [0.1, 0.15) is 29.9 Å². The Morgan fingerprint density at radius 3 is 3.12 bits per heavy atom. The molecular weight excluding hydrogens is 212 g/mol. The van der Waals surface area contributed by atoms with Crippen molar-refractivity contribution >= 4 is 0 Å². The summed E-state index contributed by atoms with van der Waals surface area (Å²) in [5.74, 6) is 1.44. The average molecular weight is 228 g/mol. The summed E-state index contributed by atoms with van der Waals surface area (Å²) in [6.45, 7) is 1.09. The van der Waals surface area contributed by atoms with Crippen LogP contribution in [0.15, 0.2) is 30.5 Å². The Labute approximate surface area is 101 Å². The minimum Gasteiger partial charge on any atom is -0.508 e. The highest BCUT2D eigenvalue weighted by atomic mass is 16.3. The third-order valence-corrected chi connectivity index (χ3v) is 3.36. The standard InChI is InChI=1S/C14H16N2O/c17-13-6-3-4-11(8-13)9-14-15-10-12-5-1-2-7-16(12)14/h3-4,6,8,10,17H,1-2,5,7,9H2. The second-order valence-electron chi connectivity index (χ2n) is 4.62. The van der Waals surface area contributed by atoms with Gasteiger partial charge in [-0.1, -0.05) is 12.1 Å². The Morgan fingerprint density at radius 2 is 2.24 bits per heavy atom. The van der Waals surface area contributed by atoms with Gasteiger partial charge >= 0.3 is 0 Å². The zero-order chi connectivity index (χ0) is 11.7. The fraction of sp³-hybridized carbons (Fsp3) is 0.357. The minimum atomic E-state index is 0.327. The Morgan fingerprint density at radius 1 is 1.29 bits per heavy atom. The Kier molecular flexibility index (Phi) is 2.59. The van der Waals surface area contributed by atoms with Gasteiger partial charge in [0.05, 0.1) is 0 Å². The van der Waals surface area contributed by atoms with Crippen LogP contribution in [0.4, 0.5) is 0 Å². The largest absolute Gasteiger partial charge is 0.508 e. The number of imidazole rings is 1. The first-order valence-electron chi connectivity index (χ1n) is 6.14. The highest BCUT2D eigenvalue weighted by molar-refractivity contribution is 5.29. The maximum absolute atomic E-state index is 9.45. The number of benzene rings is 1. The van der Waals surface area contributed by atoms with Gasteiger partial charge in [-0.2, -0.15) is 0 Å². The van der Waals surface area contributed by atoms with Crippen molar-refractivity contribution in [2.45, 2.75) is 32.2 Å². The maximum atomic E-state index is 9.45. The summed E-state index contributed by atoms with van der Waals surface area (Å²) in [6, 6.07) is 7.42. The van der Waals surface area contributed by atoms with E-state index in [2.05, 4.69) is 9.55 Å². The fourth-order valence-corrected chi connectivity index (χ4v) is 2.49. The molecule has 1 aliphatic heterocycles. The Bertz CT molecular complexity index is 531. The predicted molar refractivity (Wildman–Crippen MR) is 66.1 cm³/mol. The molecule has 3 heteroatoms. The molecule has 2 aromatic rings. The molecule has 1 aromatic carbocycles. The van der Waals surface area contributed by atoms with E-state index in [4.69, 9.17) is 0 Å². The monoisotopic (exact) mass is 228 g/mol. The number of phenolic OH excluding ortho intramolecular Hbond substituents is 1. The quantitative estimate of drug-likeness (QED) is 0.857. The normalized spacial score (nSPS) is 14.6. The lowest BCUT2D eigenvalue weighted by atomic mass is 10.1. The van der Waals surface area contributed by atoms with E-state index >= 15 is 0 Å². The summed E-state index contributed by atoms with van der Waals surface area (Å²) in [4.78, 5) is 4.50. The molecule has 88 valence electrons. The molecule has 0 fully saturated rings. The van der Waals surface area contributed by atoms with Crippen molar-refractivity contribution < 1.29 is 5.11 Å². The molecule has 3 rings (SSSR count). The molecule has 0 radical (unpaired) electrons. The van der Waals surface area contributed by atoms with E-state index in [9.17, 15) is 5.11 Å². The van der Waals surface area contributed by atoms with Crippen molar-refractivity contribution in [3.63, 3.8) is 0 Å². The smallest absolute Gasteiger partial charge is 0.115 e. The molecule has 0 atom stereocenters. The van der Waals surface area contributed by atoms with Crippen molar-refractivity contribution in [3.05, 3.63) is 47.5 Å². The number of aromatic nitrogens is 2. The summed E-state index contributed by atoms with van der Waals surface area (Å²) < 4.78 is 2.33. The van der Waals surface area contributed by atoms with Crippen molar-refractivity contribution in [2.24, 2.45) is 0 Å². The van der Waals surface area contributed by atoms with Crippen molar-refractivity contribution in [1.29, 1.82) is 0 Å². The van der Waals surface area contributed by atoms with Crippen LogP contribution < -0.4 is 0 Å². The van der Waals surface area contributed by atoms with Gasteiger partial charge in [0.1, 0.15) is 11.6 Å². The fourth-order valence-electron chi connectivity index (χ4n) is 2.49. The van der Waals surface area contributed by atoms with Crippen LogP contribution in [0, 0.1) is 0 Å². The lowest BCUT2D eigenvalue weighted by Gasteiger charge is -2.16. The number of fused-ring (bicyclic) bond motifs is 1. The third kappa shape index (κ3) is 2.05. The SMILES string of the molecule is Oc1cccc(Cc2ncc3n2CCCC3)c1. The molecule has 0 saturated carbocycles. The summed E-state index contributed by atoms with van der Waals surface area (Å²) in [5, 5.41) is 9.45. The number of hydrogen-bond acceptors (Lipinski definition) is 2. The van der Waals surface area contributed by atoms with Crippen LogP contribution in [0.25, 0.3) is 0 Å². The predicted octanol–water partition coefficient (Wildman–Crippen LogP) is 2.52. The van der Waals surface area contributed by atoms with Gasteiger partial charge in [-0.25, -0.2) is 4.98 Å². The van der Waals surface area contributed by atoms with Crippen molar-refractivity contribution in [2.75, 3.05) is 0 Å². The van der Waals surface area contributed by atoms with E-state index in [0.717, 1.165) is 30.8 Å². The summed E-state index contributed by atoms with van der Waals surface area (Å²) in [5.41, 5.74) is 2.47. The van der Waals surface area contributed by atoms with Crippen LogP contribution in [0.3, 0.4) is 0 Å². The second kappa shape index (κ2) is 4.24. The number of nitrogens with zero attached hydrogens (tertiary/aromatic N) is 2. The van der Waals surface area contributed by atoms with Gasteiger partial charge in [-0.15, -0.1) is 0 Å². The van der Waals surface area contributed by atoms with Gasteiger partial charge in [0.2, 0.25) is 0 Å². The number of rotatable bonds is 2. The van der Waals surface area contributed by atoms with E-state index in [1.165, 1.54) is 18.5 Å². The van der Waals surface area contributed by atoms with Crippen molar-refractivity contribution in [3.8, 4) is 5.75 Å². The first-order chi connectivity index (χ1) is 8.33. The van der Waals surface area contributed by atoms with Crippen LogP contribution in [-0.4, -0.2) is 14.7 Å². The molecule has 3 nitrogen and oxygen atoms in total. The molecule has 17 heavy (non-hydrogen) atoms. The van der Waals surface area contributed by atoms with E-state index in [-0.39, 0.29) is 0 Å². The molecule has 0 saturated heterocycles. The van der Waals surface area contributed by atoms with Crippen LogP contribution in [0.5, 0.6) is 5.75 Å². The van der Waals surface area contributed by atoms with E-state index in [1.54, 1.807) is 6.07 Å². The van der Waals surface area contributed by atoms with E-state index < -0.39 is 0 Å². The molecule has 1 N–H and O–H groups in total. The lowest BCUT2D eigenvalue weighted by Crippen LogP contribution is -2.12. The Hall–Kier alpha value is -1.77. The summed E-state index contributed by atoms with van der Waals surface area (Å²) in [6.07, 6.45) is 6.46. The number of phenols is 1. The molecule has 0 bridgehead atoms. The molecule has 2 heterocycles. The highest BCUT2D eigenvalue weighted by Gasteiger charge is 2.13. The van der Waals surface area contributed by atoms with Crippen LogP contribution >= 0.6 is 0 Å². The zero-order valence-electron chi connectivity index (χ0n) is 9.76. The van der Waals surface area contributed by atoms with Gasteiger partial charge in [0, 0.05) is 24.9 Å². The Balaban J connectivity index is 1.88. The van der Waals surface area contributed by atoms with Gasteiger partial charge < -0.3 is 9.67 Å². The van der Waals surface area contributed by atoms with Gasteiger partial charge in [-0.3, -0.25) is 0 Å².